The Balaban J connectivity index is 2.14. The monoisotopic (exact) mass is 330 g/mol. The summed E-state index contributed by atoms with van der Waals surface area (Å²) in [6.45, 7) is 0. The van der Waals surface area contributed by atoms with E-state index >= 15 is 0 Å². The van der Waals surface area contributed by atoms with E-state index in [0.29, 0.717) is 6.42 Å². The largest absolute Gasteiger partial charge is 0.341 e. The quantitative estimate of drug-likeness (QED) is 0.770. The maximum absolute atomic E-state index is 12.4. The first-order valence-electron chi connectivity index (χ1n) is 6.21. The van der Waals surface area contributed by atoms with Gasteiger partial charge in [-0.1, -0.05) is 42.5 Å². The Morgan fingerprint density at radius 1 is 0.952 bits per heavy atom. The third kappa shape index (κ3) is 3.80. The minimum Gasteiger partial charge on any atom is -0.218 e. The minimum absolute atomic E-state index is 0.260. The second-order valence-corrected chi connectivity index (χ2v) is 6.98. The van der Waals surface area contributed by atoms with E-state index in [1.54, 1.807) is 0 Å². The van der Waals surface area contributed by atoms with Gasteiger partial charge in [-0.3, -0.25) is 0 Å². The van der Waals surface area contributed by atoms with E-state index in [-0.39, 0.29) is 10.3 Å². The lowest BCUT2D eigenvalue weighted by Gasteiger charge is -2.10. The van der Waals surface area contributed by atoms with Gasteiger partial charge in [-0.25, -0.2) is 8.42 Å². The first-order chi connectivity index (χ1) is 9.91. The van der Waals surface area contributed by atoms with Crippen molar-refractivity contribution < 1.29 is 17.2 Å². The van der Waals surface area contributed by atoms with Crippen LogP contribution in [0.3, 0.4) is 0 Å². The van der Waals surface area contributed by atoms with Crippen molar-refractivity contribution in [1.29, 1.82) is 0 Å². The van der Waals surface area contributed by atoms with Gasteiger partial charge in [-0.05, 0) is 29.7 Å². The van der Waals surface area contributed by atoms with Crippen LogP contribution in [0.4, 0.5) is 8.78 Å². The Labute approximate surface area is 127 Å². The Hall–Kier alpha value is -1.46. The van der Waals surface area contributed by atoms with Gasteiger partial charge >= 0.3 is 5.76 Å². The van der Waals surface area contributed by atoms with Gasteiger partial charge in [0, 0.05) is 0 Å². The average molecular weight is 331 g/mol. The predicted molar refractivity (Wildman–Crippen MR) is 78.4 cm³/mol. The van der Waals surface area contributed by atoms with Crippen molar-refractivity contribution in [2.24, 2.45) is 0 Å². The lowest BCUT2D eigenvalue weighted by molar-refractivity contribution is 0.234. The van der Waals surface area contributed by atoms with Crippen LogP contribution in [0.2, 0.25) is 0 Å². The topological polar surface area (TPSA) is 34.1 Å². The third-order valence-electron chi connectivity index (χ3n) is 3.06. The average Bonchev–Trinajstić information content (AvgIpc) is 2.48. The predicted octanol–water partition coefficient (Wildman–Crippen LogP) is 4.21. The number of benzene rings is 2. The Morgan fingerprint density at radius 2 is 1.52 bits per heavy atom. The number of sulfone groups is 1. The highest BCUT2D eigenvalue weighted by molar-refractivity contribution is 7.91. The third-order valence-corrected chi connectivity index (χ3v) is 4.87. The summed E-state index contributed by atoms with van der Waals surface area (Å²) in [5.41, 5.74) is 1.73. The van der Waals surface area contributed by atoms with Crippen LogP contribution in [0, 0.1) is 0 Å². The molecular weight excluding hydrogens is 318 g/mol. The highest BCUT2D eigenvalue weighted by atomic mass is 35.5. The molecule has 0 aliphatic heterocycles. The molecule has 0 aliphatic carbocycles. The molecule has 0 amide bonds. The second kappa shape index (κ2) is 6.54. The molecule has 2 aromatic rings. The van der Waals surface area contributed by atoms with E-state index in [1.807, 2.05) is 30.3 Å². The van der Waals surface area contributed by atoms with Gasteiger partial charge < -0.3 is 0 Å². The molecule has 0 heterocycles. The van der Waals surface area contributed by atoms with Crippen molar-refractivity contribution in [2.45, 2.75) is 22.5 Å². The first kappa shape index (κ1) is 15.9. The molecule has 0 N–H and O–H groups in total. The van der Waals surface area contributed by atoms with E-state index in [4.69, 9.17) is 11.6 Å². The lowest BCUT2D eigenvalue weighted by atomic mass is 10.0. The molecule has 0 saturated heterocycles. The van der Waals surface area contributed by atoms with E-state index < -0.39 is 15.6 Å². The van der Waals surface area contributed by atoms with Crippen molar-refractivity contribution in [3.63, 3.8) is 0 Å². The minimum atomic E-state index is -4.54. The summed E-state index contributed by atoms with van der Waals surface area (Å²) in [4.78, 5) is -0.382. The highest BCUT2D eigenvalue weighted by Crippen LogP contribution is 2.26. The molecule has 1 unspecified atom stereocenters. The van der Waals surface area contributed by atoms with Gasteiger partial charge in [-0.2, -0.15) is 8.78 Å². The summed E-state index contributed by atoms with van der Waals surface area (Å²) in [5, 5.41) is -0.260. The Morgan fingerprint density at radius 3 is 2.05 bits per heavy atom. The number of alkyl halides is 3. The maximum atomic E-state index is 12.4. The summed E-state index contributed by atoms with van der Waals surface area (Å²) in [7, 11) is -4.54. The number of hydrogen-bond donors (Lipinski definition) is 0. The number of rotatable bonds is 5. The number of hydrogen-bond acceptors (Lipinski definition) is 2. The van der Waals surface area contributed by atoms with Crippen molar-refractivity contribution in [2.75, 3.05) is 0 Å². The fourth-order valence-corrected chi connectivity index (χ4v) is 2.95. The van der Waals surface area contributed by atoms with Gasteiger partial charge in [0.2, 0.25) is 9.84 Å². The van der Waals surface area contributed by atoms with Crippen LogP contribution in [0.25, 0.3) is 0 Å². The summed E-state index contributed by atoms with van der Waals surface area (Å²) < 4.78 is 47.5. The lowest BCUT2D eigenvalue weighted by Crippen LogP contribution is -2.11. The van der Waals surface area contributed by atoms with E-state index in [1.165, 1.54) is 24.3 Å². The van der Waals surface area contributed by atoms with Crippen molar-refractivity contribution in [3.8, 4) is 0 Å². The zero-order chi connectivity index (χ0) is 15.5. The molecule has 0 fully saturated rings. The van der Waals surface area contributed by atoms with E-state index in [9.17, 15) is 17.2 Å². The maximum Gasteiger partial charge on any atom is 0.341 e. The molecule has 0 bridgehead atoms. The molecule has 6 heteroatoms. The molecule has 2 aromatic carbocycles. The summed E-state index contributed by atoms with van der Waals surface area (Å²) in [5.74, 6) is -3.41. The van der Waals surface area contributed by atoms with Crippen LogP contribution >= 0.6 is 11.6 Å². The van der Waals surface area contributed by atoms with Crippen LogP contribution < -0.4 is 0 Å². The molecule has 21 heavy (non-hydrogen) atoms. The molecule has 0 aliphatic rings. The second-order valence-electron chi connectivity index (χ2n) is 4.53. The van der Waals surface area contributed by atoms with Gasteiger partial charge in [0.25, 0.3) is 0 Å². The molecule has 0 saturated carbocycles. The molecule has 1 atom stereocenters. The van der Waals surface area contributed by atoms with E-state index in [2.05, 4.69) is 0 Å². The Bertz CT molecular complexity index is 685. The summed E-state index contributed by atoms with van der Waals surface area (Å²) >= 11 is 6.28. The Kier molecular flexibility index (Phi) is 4.96. The van der Waals surface area contributed by atoms with Crippen LogP contribution in [-0.4, -0.2) is 14.2 Å². The number of halogens is 3. The van der Waals surface area contributed by atoms with Gasteiger partial charge in [0.05, 0.1) is 10.3 Å². The van der Waals surface area contributed by atoms with Crippen molar-refractivity contribution in [3.05, 3.63) is 65.7 Å². The van der Waals surface area contributed by atoms with Crippen molar-refractivity contribution in [1.82, 2.24) is 0 Å². The molecule has 0 spiro atoms. The van der Waals surface area contributed by atoms with Gasteiger partial charge in [-0.15, -0.1) is 11.6 Å². The SMILES string of the molecule is O=S(=O)(c1ccc(CC(Cl)c2ccccc2)cc1)C(F)F. The molecule has 0 aromatic heterocycles. The molecule has 0 radical (unpaired) electrons. The normalized spacial score (nSPS) is 13.3. The van der Waals surface area contributed by atoms with Crippen LogP contribution in [0.1, 0.15) is 16.5 Å². The van der Waals surface area contributed by atoms with Crippen LogP contribution in [0.5, 0.6) is 0 Å². The summed E-state index contributed by atoms with van der Waals surface area (Å²) in [6, 6.07) is 14.8. The zero-order valence-electron chi connectivity index (χ0n) is 10.9. The fourth-order valence-electron chi connectivity index (χ4n) is 1.90. The summed E-state index contributed by atoms with van der Waals surface area (Å²) in [6.07, 6.45) is 0.487. The first-order valence-corrected chi connectivity index (χ1v) is 8.19. The van der Waals surface area contributed by atoms with E-state index in [0.717, 1.165) is 11.1 Å². The molecule has 2 nitrogen and oxygen atoms in total. The fraction of sp³-hybridized carbons (Fsp3) is 0.200. The van der Waals surface area contributed by atoms with Gasteiger partial charge in [0.15, 0.2) is 0 Å². The molecule has 2 rings (SSSR count). The van der Waals surface area contributed by atoms with Crippen LogP contribution in [0.15, 0.2) is 59.5 Å². The molecule has 112 valence electrons. The molecular formula is C15H13ClF2O2S. The van der Waals surface area contributed by atoms with Gasteiger partial charge in [0.1, 0.15) is 0 Å². The zero-order valence-corrected chi connectivity index (χ0v) is 12.5. The highest BCUT2D eigenvalue weighted by Gasteiger charge is 2.26. The standard InChI is InChI=1S/C15H13ClF2O2S/c16-14(12-4-2-1-3-5-12)10-11-6-8-13(9-7-11)21(19,20)15(17)18/h1-9,14-15H,10H2. The van der Waals surface area contributed by atoms with Crippen molar-refractivity contribution >= 4 is 21.4 Å². The smallest absolute Gasteiger partial charge is 0.218 e. The van der Waals surface area contributed by atoms with Crippen LogP contribution in [-0.2, 0) is 16.3 Å².